The molecule has 0 aliphatic carbocycles. The summed E-state index contributed by atoms with van der Waals surface area (Å²) >= 11 is 0. The van der Waals surface area contributed by atoms with Gasteiger partial charge in [0.1, 0.15) is 17.5 Å². The van der Waals surface area contributed by atoms with Gasteiger partial charge < -0.3 is 0 Å². The van der Waals surface area contributed by atoms with E-state index in [0.717, 1.165) is 22.8 Å². The molecule has 3 aromatic rings. The predicted octanol–water partition coefficient (Wildman–Crippen LogP) is 1.86. The number of aryl methyl sites for hydroxylation is 2. The van der Waals surface area contributed by atoms with Gasteiger partial charge in [0.05, 0.1) is 18.5 Å². The van der Waals surface area contributed by atoms with Crippen LogP contribution in [0.3, 0.4) is 0 Å². The fourth-order valence-electron chi connectivity index (χ4n) is 2.01. The second kappa shape index (κ2) is 6.34. The van der Waals surface area contributed by atoms with E-state index < -0.39 is 0 Å². The first kappa shape index (κ1) is 14.2. The van der Waals surface area contributed by atoms with Crippen molar-refractivity contribution in [1.82, 2.24) is 29.9 Å². The summed E-state index contributed by atoms with van der Waals surface area (Å²) in [6.07, 6.45) is 8.14. The summed E-state index contributed by atoms with van der Waals surface area (Å²) in [6, 6.07) is 3.67. The van der Waals surface area contributed by atoms with E-state index in [-0.39, 0.29) is 0 Å². The van der Waals surface area contributed by atoms with E-state index in [1.807, 2.05) is 26.1 Å². The van der Waals surface area contributed by atoms with Crippen LogP contribution in [-0.4, -0.2) is 29.9 Å². The number of nitrogens with zero attached hydrogens (tertiary/aromatic N) is 6. The quantitative estimate of drug-likeness (QED) is 0.730. The normalized spacial score (nSPS) is 10.6. The Hall–Kier alpha value is -2.76. The Morgan fingerprint density at radius 3 is 2.27 bits per heavy atom. The molecule has 0 aliphatic rings. The number of hydrogen-bond donors (Lipinski definition) is 0. The molecular formula is C16H16N6. The minimum Gasteiger partial charge on any atom is -0.241 e. The summed E-state index contributed by atoms with van der Waals surface area (Å²) in [7, 11) is 0. The molecule has 0 amide bonds. The van der Waals surface area contributed by atoms with Crippen molar-refractivity contribution in [3.63, 3.8) is 0 Å². The Morgan fingerprint density at radius 2 is 1.50 bits per heavy atom. The topological polar surface area (TPSA) is 77.3 Å². The molecule has 0 N–H and O–H groups in total. The van der Waals surface area contributed by atoms with Crippen molar-refractivity contribution in [3.05, 3.63) is 71.3 Å². The lowest BCUT2D eigenvalue weighted by molar-refractivity contribution is 0.843. The maximum Gasteiger partial charge on any atom is 0.136 e. The standard InChI is InChI=1S/C16H16N6/c1-11-10-20-15(21-12(11)2)8-13-4-7-19-16(22-13)9-14-17-5-3-6-18-14/h3-7,10H,8-9H2,1-2H3. The van der Waals surface area contributed by atoms with Crippen LogP contribution in [0, 0.1) is 13.8 Å². The van der Waals surface area contributed by atoms with Crippen LogP contribution in [0.4, 0.5) is 0 Å². The number of hydrogen-bond acceptors (Lipinski definition) is 6. The minimum atomic E-state index is 0.516. The second-order valence-corrected chi connectivity index (χ2v) is 5.04. The molecule has 3 rings (SSSR count). The Balaban J connectivity index is 1.77. The van der Waals surface area contributed by atoms with E-state index in [1.165, 1.54) is 0 Å². The highest BCUT2D eigenvalue weighted by molar-refractivity contribution is 5.17. The van der Waals surface area contributed by atoms with Crippen LogP contribution >= 0.6 is 0 Å². The molecule has 0 atom stereocenters. The van der Waals surface area contributed by atoms with Crippen LogP contribution in [-0.2, 0) is 12.8 Å². The lowest BCUT2D eigenvalue weighted by atomic mass is 10.2. The van der Waals surface area contributed by atoms with Gasteiger partial charge in [-0.1, -0.05) is 0 Å². The van der Waals surface area contributed by atoms with Gasteiger partial charge in [-0.25, -0.2) is 29.9 Å². The van der Waals surface area contributed by atoms with Crippen molar-refractivity contribution in [2.24, 2.45) is 0 Å². The smallest absolute Gasteiger partial charge is 0.136 e. The second-order valence-electron chi connectivity index (χ2n) is 5.04. The summed E-state index contributed by atoms with van der Waals surface area (Å²) in [5, 5.41) is 0. The summed E-state index contributed by atoms with van der Waals surface area (Å²) in [5.74, 6) is 2.18. The molecule has 0 saturated carbocycles. The summed E-state index contributed by atoms with van der Waals surface area (Å²) < 4.78 is 0. The van der Waals surface area contributed by atoms with Crippen molar-refractivity contribution in [1.29, 1.82) is 0 Å². The van der Waals surface area contributed by atoms with Crippen LogP contribution in [0.1, 0.15) is 34.4 Å². The van der Waals surface area contributed by atoms with Crippen LogP contribution in [0.25, 0.3) is 0 Å². The zero-order chi connectivity index (χ0) is 15.4. The maximum atomic E-state index is 4.54. The molecule has 6 nitrogen and oxygen atoms in total. The first-order valence-electron chi connectivity index (χ1n) is 7.06. The third kappa shape index (κ3) is 3.46. The van der Waals surface area contributed by atoms with Gasteiger partial charge >= 0.3 is 0 Å². The molecule has 22 heavy (non-hydrogen) atoms. The molecule has 0 fully saturated rings. The van der Waals surface area contributed by atoms with Gasteiger partial charge in [-0.05, 0) is 31.5 Å². The summed E-state index contributed by atoms with van der Waals surface area (Å²) in [5.41, 5.74) is 2.98. The average molecular weight is 292 g/mol. The van der Waals surface area contributed by atoms with E-state index in [1.54, 1.807) is 24.7 Å². The molecule has 0 bridgehead atoms. The molecule has 0 unspecified atom stereocenters. The van der Waals surface area contributed by atoms with Crippen LogP contribution in [0.2, 0.25) is 0 Å². The number of aromatic nitrogens is 6. The van der Waals surface area contributed by atoms with Crippen molar-refractivity contribution in [2.45, 2.75) is 26.7 Å². The molecular weight excluding hydrogens is 276 g/mol. The van der Waals surface area contributed by atoms with E-state index in [9.17, 15) is 0 Å². The predicted molar refractivity (Wildman–Crippen MR) is 81.2 cm³/mol. The lowest BCUT2D eigenvalue weighted by Gasteiger charge is -2.05. The van der Waals surface area contributed by atoms with Crippen molar-refractivity contribution in [3.8, 4) is 0 Å². The van der Waals surface area contributed by atoms with Crippen molar-refractivity contribution >= 4 is 0 Å². The van der Waals surface area contributed by atoms with Crippen molar-refractivity contribution < 1.29 is 0 Å². The third-order valence-corrected chi connectivity index (χ3v) is 3.31. The fourth-order valence-corrected chi connectivity index (χ4v) is 2.01. The highest BCUT2D eigenvalue weighted by Gasteiger charge is 2.06. The van der Waals surface area contributed by atoms with Gasteiger partial charge in [-0.15, -0.1) is 0 Å². The molecule has 3 aromatic heterocycles. The minimum absolute atomic E-state index is 0.516. The first-order chi connectivity index (χ1) is 10.7. The fraction of sp³-hybridized carbons (Fsp3) is 0.250. The van der Waals surface area contributed by atoms with Gasteiger partial charge in [0.25, 0.3) is 0 Å². The molecule has 0 saturated heterocycles. The van der Waals surface area contributed by atoms with Gasteiger partial charge in [0.15, 0.2) is 0 Å². The van der Waals surface area contributed by atoms with Crippen LogP contribution in [0.15, 0.2) is 36.9 Å². The third-order valence-electron chi connectivity index (χ3n) is 3.31. The highest BCUT2D eigenvalue weighted by Crippen LogP contribution is 2.07. The van der Waals surface area contributed by atoms with Gasteiger partial charge in [0, 0.05) is 30.5 Å². The van der Waals surface area contributed by atoms with Gasteiger partial charge in [-0.2, -0.15) is 0 Å². The molecule has 0 radical (unpaired) electrons. The Bertz CT molecular complexity index is 773. The monoisotopic (exact) mass is 292 g/mol. The molecule has 110 valence electrons. The van der Waals surface area contributed by atoms with Crippen LogP contribution < -0.4 is 0 Å². The maximum absolute atomic E-state index is 4.54. The zero-order valence-corrected chi connectivity index (χ0v) is 12.6. The Morgan fingerprint density at radius 1 is 0.773 bits per heavy atom. The molecule has 3 heterocycles. The summed E-state index contributed by atoms with van der Waals surface area (Å²) in [4.78, 5) is 26.0. The number of rotatable bonds is 4. The molecule has 0 spiro atoms. The Labute approximate surface area is 128 Å². The van der Waals surface area contributed by atoms with E-state index in [2.05, 4.69) is 29.9 Å². The van der Waals surface area contributed by atoms with E-state index in [0.29, 0.717) is 24.5 Å². The molecule has 0 aromatic carbocycles. The largest absolute Gasteiger partial charge is 0.241 e. The van der Waals surface area contributed by atoms with Crippen molar-refractivity contribution in [2.75, 3.05) is 0 Å². The first-order valence-corrected chi connectivity index (χ1v) is 7.06. The van der Waals surface area contributed by atoms with Crippen LogP contribution in [0.5, 0.6) is 0 Å². The lowest BCUT2D eigenvalue weighted by Crippen LogP contribution is -2.05. The molecule has 0 aliphatic heterocycles. The van der Waals surface area contributed by atoms with E-state index in [4.69, 9.17) is 0 Å². The molecule has 6 heteroatoms. The van der Waals surface area contributed by atoms with Gasteiger partial charge in [0.2, 0.25) is 0 Å². The highest BCUT2D eigenvalue weighted by atomic mass is 14.9. The average Bonchev–Trinajstić information content (AvgIpc) is 2.52. The summed E-state index contributed by atoms with van der Waals surface area (Å²) in [6.45, 7) is 3.99. The van der Waals surface area contributed by atoms with E-state index >= 15 is 0 Å². The zero-order valence-electron chi connectivity index (χ0n) is 12.6. The SMILES string of the molecule is Cc1cnc(Cc2ccnc(Cc3ncccn3)n2)nc1C. The van der Waals surface area contributed by atoms with Gasteiger partial charge in [-0.3, -0.25) is 0 Å². The Kier molecular flexibility index (Phi) is 4.09.